The molecule has 2 aliphatic rings. The number of fused-ring (bicyclic) bond motifs is 1. The highest BCUT2D eigenvalue weighted by molar-refractivity contribution is 4.89. The van der Waals surface area contributed by atoms with E-state index in [1.54, 1.807) is 0 Å². The third kappa shape index (κ3) is 1.31. The van der Waals surface area contributed by atoms with Gasteiger partial charge in [0, 0.05) is 18.6 Å². The molecule has 3 atom stereocenters. The maximum Gasteiger partial charge on any atom is 0.0101 e. The van der Waals surface area contributed by atoms with Gasteiger partial charge in [0.05, 0.1) is 0 Å². The van der Waals surface area contributed by atoms with Crippen LogP contribution in [-0.2, 0) is 0 Å². The van der Waals surface area contributed by atoms with Crippen LogP contribution in [0.2, 0.25) is 0 Å². The minimum Gasteiger partial charge on any atom is -0.297 e. The molecule has 0 radical (unpaired) electrons. The zero-order valence-corrected chi connectivity index (χ0v) is 7.71. The van der Waals surface area contributed by atoms with E-state index in [0.717, 1.165) is 18.0 Å². The van der Waals surface area contributed by atoms with Crippen molar-refractivity contribution in [3.63, 3.8) is 0 Å². The molecule has 0 aromatic rings. The first-order chi connectivity index (χ1) is 5.27. The van der Waals surface area contributed by atoms with E-state index >= 15 is 0 Å². The van der Waals surface area contributed by atoms with Crippen molar-refractivity contribution in [1.82, 2.24) is 4.90 Å². The monoisotopic (exact) mass is 153 g/mol. The molecule has 0 aliphatic carbocycles. The minimum atomic E-state index is 0.874. The summed E-state index contributed by atoms with van der Waals surface area (Å²) < 4.78 is 0. The molecular formula is C10H19N. The van der Waals surface area contributed by atoms with Gasteiger partial charge >= 0.3 is 0 Å². The quantitative estimate of drug-likeness (QED) is 0.516. The average molecular weight is 153 g/mol. The first-order valence-electron chi connectivity index (χ1n) is 5.03. The molecule has 1 heteroatoms. The van der Waals surface area contributed by atoms with Crippen LogP contribution in [-0.4, -0.2) is 23.5 Å². The Morgan fingerprint density at radius 3 is 2.73 bits per heavy atom. The Hall–Kier alpha value is -0.0400. The second-order valence-corrected chi connectivity index (χ2v) is 4.47. The normalized spacial score (nSPS) is 45.8. The molecule has 0 aromatic carbocycles. The molecule has 0 bridgehead atoms. The third-order valence-corrected chi connectivity index (χ3v) is 3.39. The fraction of sp³-hybridized carbons (Fsp3) is 1.00. The predicted molar refractivity (Wildman–Crippen MR) is 47.6 cm³/mol. The smallest absolute Gasteiger partial charge is 0.0101 e. The lowest BCUT2D eigenvalue weighted by Gasteiger charge is -2.35. The molecule has 0 spiro atoms. The highest BCUT2D eigenvalue weighted by Gasteiger charge is 2.34. The highest BCUT2D eigenvalue weighted by atomic mass is 15.2. The second-order valence-electron chi connectivity index (χ2n) is 4.47. The summed E-state index contributed by atoms with van der Waals surface area (Å²) in [6.07, 6.45) is 5.83. The van der Waals surface area contributed by atoms with E-state index in [-0.39, 0.29) is 0 Å². The van der Waals surface area contributed by atoms with Crippen molar-refractivity contribution in [1.29, 1.82) is 0 Å². The maximum absolute atomic E-state index is 2.73. The molecular weight excluding hydrogens is 134 g/mol. The van der Waals surface area contributed by atoms with Crippen LogP contribution in [0.3, 0.4) is 0 Å². The summed E-state index contributed by atoms with van der Waals surface area (Å²) in [5, 5.41) is 0. The predicted octanol–water partition coefficient (Wildman–Crippen LogP) is 2.27. The molecule has 11 heavy (non-hydrogen) atoms. The fourth-order valence-corrected chi connectivity index (χ4v) is 2.82. The average Bonchev–Trinajstić information content (AvgIpc) is 2.31. The van der Waals surface area contributed by atoms with Gasteiger partial charge in [-0.05, 0) is 32.1 Å². The first-order valence-corrected chi connectivity index (χ1v) is 5.03. The summed E-state index contributed by atoms with van der Waals surface area (Å²) in [6.45, 7) is 6.15. The zero-order chi connectivity index (χ0) is 7.84. The Bertz CT molecular complexity index is 144. The number of piperidine rings is 1. The zero-order valence-electron chi connectivity index (χ0n) is 7.71. The summed E-state index contributed by atoms with van der Waals surface area (Å²) in [4.78, 5) is 2.73. The molecule has 0 N–H and O–H groups in total. The van der Waals surface area contributed by atoms with Crippen LogP contribution >= 0.6 is 0 Å². The van der Waals surface area contributed by atoms with E-state index < -0.39 is 0 Å². The molecule has 0 unspecified atom stereocenters. The van der Waals surface area contributed by atoms with E-state index in [1.165, 1.54) is 32.2 Å². The Kier molecular flexibility index (Phi) is 1.92. The van der Waals surface area contributed by atoms with E-state index in [4.69, 9.17) is 0 Å². The van der Waals surface area contributed by atoms with Gasteiger partial charge in [0.15, 0.2) is 0 Å². The lowest BCUT2D eigenvalue weighted by molar-refractivity contribution is 0.133. The molecule has 64 valence electrons. The van der Waals surface area contributed by atoms with Crippen LogP contribution in [0, 0.1) is 5.92 Å². The van der Waals surface area contributed by atoms with Gasteiger partial charge in [-0.2, -0.15) is 0 Å². The molecule has 0 amide bonds. The largest absolute Gasteiger partial charge is 0.297 e. The van der Waals surface area contributed by atoms with Crippen LogP contribution in [0.5, 0.6) is 0 Å². The van der Waals surface area contributed by atoms with Crippen LogP contribution in [0.4, 0.5) is 0 Å². The molecule has 2 rings (SSSR count). The topological polar surface area (TPSA) is 3.24 Å². The van der Waals surface area contributed by atoms with E-state index in [9.17, 15) is 0 Å². The van der Waals surface area contributed by atoms with Crippen molar-refractivity contribution in [2.24, 2.45) is 5.92 Å². The maximum atomic E-state index is 2.73. The van der Waals surface area contributed by atoms with Crippen molar-refractivity contribution < 1.29 is 0 Å². The lowest BCUT2D eigenvalue weighted by Crippen LogP contribution is -2.40. The molecule has 0 saturated carbocycles. The van der Waals surface area contributed by atoms with Crippen molar-refractivity contribution in [3.05, 3.63) is 0 Å². The Labute approximate surface area is 69.8 Å². The Morgan fingerprint density at radius 1 is 1.18 bits per heavy atom. The molecule has 1 nitrogen and oxygen atoms in total. The molecule has 0 aromatic heterocycles. The van der Waals surface area contributed by atoms with Gasteiger partial charge in [-0.1, -0.05) is 13.3 Å². The highest BCUT2D eigenvalue weighted by Crippen LogP contribution is 2.33. The summed E-state index contributed by atoms with van der Waals surface area (Å²) in [7, 11) is 0. The van der Waals surface area contributed by atoms with Crippen molar-refractivity contribution in [2.75, 3.05) is 6.54 Å². The van der Waals surface area contributed by atoms with E-state index in [2.05, 4.69) is 18.7 Å². The SMILES string of the molecule is C[C@@H]1C[C@H]2CCC[C@@H](C)N2C1. The molecule has 2 heterocycles. The minimum absolute atomic E-state index is 0.874. The van der Waals surface area contributed by atoms with Gasteiger partial charge in [-0.15, -0.1) is 0 Å². The van der Waals surface area contributed by atoms with Gasteiger partial charge in [0.2, 0.25) is 0 Å². The van der Waals surface area contributed by atoms with Gasteiger partial charge in [-0.3, -0.25) is 4.90 Å². The third-order valence-electron chi connectivity index (χ3n) is 3.39. The Morgan fingerprint density at radius 2 is 2.00 bits per heavy atom. The number of nitrogens with zero attached hydrogens (tertiary/aromatic N) is 1. The van der Waals surface area contributed by atoms with Gasteiger partial charge in [0.25, 0.3) is 0 Å². The first kappa shape index (κ1) is 7.60. The van der Waals surface area contributed by atoms with Crippen molar-refractivity contribution in [2.45, 2.75) is 51.6 Å². The summed E-state index contributed by atoms with van der Waals surface area (Å²) in [5.41, 5.74) is 0. The van der Waals surface area contributed by atoms with E-state index in [1.807, 2.05) is 0 Å². The Balaban J connectivity index is 2.03. The van der Waals surface area contributed by atoms with Crippen LogP contribution in [0.1, 0.15) is 39.5 Å². The molecule has 2 aliphatic heterocycles. The number of hydrogen-bond donors (Lipinski definition) is 0. The van der Waals surface area contributed by atoms with Gasteiger partial charge in [-0.25, -0.2) is 0 Å². The number of hydrogen-bond acceptors (Lipinski definition) is 1. The van der Waals surface area contributed by atoms with Crippen molar-refractivity contribution in [3.8, 4) is 0 Å². The fourth-order valence-electron chi connectivity index (χ4n) is 2.82. The van der Waals surface area contributed by atoms with Gasteiger partial charge < -0.3 is 0 Å². The summed E-state index contributed by atoms with van der Waals surface area (Å²) >= 11 is 0. The van der Waals surface area contributed by atoms with Crippen LogP contribution < -0.4 is 0 Å². The summed E-state index contributed by atoms with van der Waals surface area (Å²) in [5.74, 6) is 0.959. The summed E-state index contributed by atoms with van der Waals surface area (Å²) in [6, 6.07) is 1.83. The molecule has 2 saturated heterocycles. The van der Waals surface area contributed by atoms with Crippen molar-refractivity contribution >= 4 is 0 Å². The van der Waals surface area contributed by atoms with Crippen LogP contribution in [0.15, 0.2) is 0 Å². The second kappa shape index (κ2) is 2.78. The van der Waals surface area contributed by atoms with E-state index in [0.29, 0.717) is 0 Å². The standard InChI is InChI=1S/C10H19N/c1-8-6-10-5-3-4-9(2)11(10)7-8/h8-10H,3-7H2,1-2H3/t8-,9-,10-/m1/s1. The molecule has 2 fully saturated rings. The number of rotatable bonds is 0. The lowest BCUT2D eigenvalue weighted by atomic mass is 9.97. The van der Waals surface area contributed by atoms with Crippen LogP contribution in [0.25, 0.3) is 0 Å². The van der Waals surface area contributed by atoms with Gasteiger partial charge in [0.1, 0.15) is 0 Å².